The molecule has 0 atom stereocenters. The summed E-state index contributed by atoms with van der Waals surface area (Å²) in [6, 6.07) is 2.10. The second kappa shape index (κ2) is 5.18. The molecular formula is C14H20N4OS. The molecule has 0 spiro atoms. The van der Waals surface area contributed by atoms with Crippen LogP contribution in [0.15, 0.2) is 6.07 Å². The van der Waals surface area contributed by atoms with E-state index in [1.807, 2.05) is 6.92 Å². The molecular weight excluding hydrogens is 272 g/mol. The highest BCUT2D eigenvalue weighted by Crippen LogP contribution is 2.33. The molecule has 3 rings (SSSR count). The van der Waals surface area contributed by atoms with Crippen molar-refractivity contribution < 1.29 is 5.11 Å². The summed E-state index contributed by atoms with van der Waals surface area (Å²) in [6.45, 7) is 5.44. The Balaban J connectivity index is 1.89. The quantitative estimate of drug-likeness (QED) is 0.790. The van der Waals surface area contributed by atoms with Gasteiger partial charge in [-0.05, 0) is 39.2 Å². The standard InChI is InChI=1S/C14H20N4OS/c1-3-15-13-17-11(16-8-14(19)5-4-6-14)10-7-9(2)20-12(10)18-13/h7,19H,3-6,8H2,1-2H3,(H2,15,16,17,18). The highest BCUT2D eigenvalue weighted by atomic mass is 32.1. The maximum atomic E-state index is 10.2. The summed E-state index contributed by atoms with van der Waals surface area (Å²) in [5, 5.41) is 17.7. The van der Waals surface area contributed by atoms with E-state index in [-0.39, 0.29) is 0 Å². The fourth-order valence-electron chi connectivity index (χ4n) is 2.42. The lowest BCUT2D eigenvalue weighted by Crippen LogP contribution is -2.43. The first-order chi connectivity index (χ1) is 9.59. The van der Waals surface area contributed by atoms with E-state index < -0.39 is 5.60 Å². The van der Waals surface area contributed by atoms with Crippen LogP contribution < -0.4 is 10.6 Å². The number of fused-ring (bicyclic) bond motifs is 1. The van der Waals surface area contributed by atoms with Gasteiger partial charge in [-0.1, -0.05) is 0 Å². The number of anilines is 2. The molecule has 0 unspecified atom stereocenters. The molecule has 0 bridgehead atoms. The zero-order chi connectivity index (χ0) is 14.2. The second-order valence-electron chi connectivity index (χ2n) is 5.43. The number of aromatic nitrogens is 2. The van der Waals surface area contributed by atoms with Crippen LogP contribution in [0.2, 0.25) is 0 Å². The SMILES string of the molecule is CCNc1nc(NCC2(O)CCC2)c2cc(C)sc2n1. The van der Waals surface area contributed by atoms with Crippen molar-refractivity contribution in [3.8, 4) is 0 Å². The lowest BCUT2D eigenvalue weighted by Gasteiger charge is -2.36. The van der Waals surface area contributed by atoms with Crippen LogP contribution in [0.1, 0.15) is 31.1 Å². The van der Waals surface area contributed by atoms with Crippen molar-refractivity contribution in [1.29, 1.82) is 0 Å². The molecule has 3 N–H and O–H groups in total. The summed E-state index contributed by atoms with van der Waals surface area (Å²) in [6.07, 6.45) is 2.85. The number of hydrogen-bond donors (Lipinski definition) is 3. The van der Waals surface area contributed by atoms with Gasteiger partial charge in [-0.25, -0.2) is 4.98 Å². The molecule has 1 aliphatic carbocycles. The van der Waals surface area contributed by atoms with Crippen molar-refractivity contribution >= 4 is 33.3 Å². The van der Waals surface area contributed by atoms with Crippen molar-refractivity contribution in [3.05, 3.63) is 10.9 Å². The van der Waals surface area contributed by atoms with Crippen molar-refractivity contribution in [1.82, 2.24) is 9.97 Å². The minimum absolute atomic E-state index is 0.555. The average Bonchev–Trinajstić information content (AvgIpc) is 2.74. The first-order valence-corrected chi connectivity index (χ1v) is 7.90. The summed E-state index contributed by atoms with van der Waals surface area (Å²) in [7, 11) is 0. The number of rotatable bonds is 5. The molecule has 2 heterocycles. The average molecular weight is 292 g/mol. The van der Waals surface area contributed by atoms with Gasteiger partial charge in [0.25, 0.3) is 0 Å². The van der Waals surface area contributed by atoms with Gasteiger partial charge < -0.3 is 15.7 Å². The predicted molar refractivity (Wildman–Crippen MR) is 83.6 cm³/mol. The fraction of sp³-hybridized carbons (Fsp3) is 0.571. The Hall–Kier alpha value is -1.40. The van der Waals surface area contributed by atoms with Crippen LogP contribution in [0.3, 0.4) is 0 Å². The van der Waals surface area contributed by atoms with Crippen LogP contribution in [0, 0.1) is 6.92 Å². The Labute approximate surface area is 122 Å². The smallest absolute Gasteiger partial charge is 0.226 e. The third kappa shape index (κ3) is 2.58. The van der Waals surface area contributed by atoms with E-state index in [0.717, 1.165) is 41.8 Å². The summed E-state index contributed by atoms with van der Waals surface area (Å²) >= 11 is 1.67. The number of aryl methyl sites for hydroxylation is 1. The monoisotopic (exact) mass is 292 g/mol. The molecule has 5 nitrogen and oxygen atoms in total. The first-order valence-electron chi connectivity index (χ1n) is 7.08. The third-order valence-electron chi connectivity index (χ3n) is 3.72. The Morgan fingerprint density at radius 1 is 1.35 bits per heavy atom. The maximum Gasteiger partial charge on any atom is 0.226 e. The zero-order valence-corrected chi connectivity index (χ0v) is 12.7. The molecule has 108 valence electrons. The van der Waals surface area contributed by atoms with Gasteiger partial charge in [0.2, 0.25) is 5.95 Å². The van der Waals surface area contributed by atoms with Gasteiger partial charge in [0, 0.05) is 18.0 Å². The summed E-state index contributed by atoms with van der Waals surface area (Å²) < 4.78 is 0. The second-order valence-corrected chi connectivity index (χ2v) is 6.67. The van der Waals surface area contributed by atoms with Crippen LogP contribution in [-0.4, -0.2) is 33.8 Å². The summed E-state index contributed by atoms with van der Waals surface area (Å²) in [4.78, 5) is 11.2. The molecule has 20 heavy (non-hydrogen) atoms. The Kier molecular flexibility index (Phi) is 3.52. The van der Waals surface area contributed by atoms with Crippen molar-refractivity contribution in [3.63, 3.8) is 0 Å². The predicted octanol–water partition coefficient (Wildman–Crippen LogP) is 2.76. The van der Waals surface area contributed by atoms with Gasteiger partial charge >= 0.3 is 0 Å². The third-order valence-corrected chi connectivity index (χ3v) is 4.66. The minimum atomic E-state index is -0.555. The molecule has 1 fully saturated rings. The van der Waals surface area contributed by atoms with Crippen LogP contribution >= 0.6 is 11.3 Å². The summed E-state index contributed by atoms with van der Waals surface area (Å²) in [5.41, 5.74) is -0.555. The number of nitrogens with zero attached hydrogens (tertiary/aromatic N) is 2. The van der Waals surface area contributed by atoms with Crippen LogP contribution in [-0.2, 0) is 0 Å². The highest BCUT2D eigenvalue weighted by molar-refractivity contribution is 7.18. The molecule has 1 aliphatic rings. The lowest BCUT2D eigenvalue weighted by atomic mass is 9.80. The Morgan fingerprint density at radius 2 is 2.15 bits per heavy atom. The van der Waals surface area contributed by atoms with Gasteiger partial charge in [0.05, 0.1) is 11.0 Å². The molecule has 1 saturated carbocycles. The first kappa shape index (κ1) is 13.6. The van der Waals surface area contributed by atoms with E-state index in [0.29, 0.717) is 12.5 Å². The normalized spacial score (nSPS) is 16.9. The van der Waals surface area contributed by atoms with Crippen LogP contribution in [0.25, 0.3) is 10.2 Å². The topological polar surface area (TPSA) is 70.1 Å². The van der Waals surface area contributed by atoms with Gasteiger partial charge in [-0.15, -0.1) is 11.3 Å². The van der Waals surface area contributed by atoms with Crippen LogP contribution in [0.4, 0.5) is 11.8 Å². The molecule has 2 aromatic rings. The van der Waals surface area contributed by atoms with Crippen molar-refractivity contribution in [2.24, 2.45) is 0 Å². The van der Waals surface area contributed by atoms with Gasteiger partial charge in [-0.3, -0.25) is 0 Å². The lowest BCUT2D eigenvalue weighted by molar-refractivity contribution is -0.0202. The number of aliphatic hydroxyl groups is 1. The van der Waals surface area contributed by atoms with Gasteiger partial charge in [0.15, 0.2) is 0 Å². The minimum Gasteiger partial charge on any atom is -0.388 e. The van der Waals surface area contributed by atoms with E-state index in [1.165, 1.54) is 4.88 Å². The highest BCUT2D eigenvalue weighted by Gasteiger charge is 2.34. The van der Waals surface area contributed by atoms with E-state index in [1.54, 1.807) is 11.3 Å². The largest absolute Gasteiger partial charge is 0.388 e. The van der Waals surface area contributed by atoms with Crippen molar-refractivity contribution in [2.75, 3.05) is 23.7 Å². The Bertz CT molecular complexity index is 621. The molecule has 0 aliphatic heterocycles. The number of thiophene rings is 1. The number of hydrogen-bond acceptors (Lipinski definition) is 6. The van der Waals surface area contributed by atoms with E-state index in [2.05, 4.69) is 33.6 Å². The van der Waals surface area contributed by atoms with Crippen molar-refractivity contribution in [2.45, 2.75) is 38.7 Å². The zero-order valence-electron chi connectivity index (χ0n) is 11.9. The molecule has 0 aromatic carbocycles. The molecule has 2 aromatic heterocycles. The van der Waals surface area contributed by atoms with Gasteiger partial charge in [-0.2, -0.15) is 4.98 Å². The maximum absolute atomic E-state index is 10.2. The van der Waals surface area contributed by atoms with Crippen LogP contribution in [0.5, 0.6) is 0 Å². The van der Waals surface area contributed by atoms with E-state index >= 15 is 0 Å². The molecule has 0 amide bonds. The van der Waals surface area contributed by atoms with E-state index in [9.17, 15) is 5.11 Å². The molecule has 0 radical (unpaired) electrons. The molecule has 6 heteroatoms. The fourth-order valence-corrected chi connectivity index (χ4v) is 3.30. The van der Waals surface area contributed by atoms with E-state index in [4.69, 9.17) is 0 Å². The summed E-state index contributed by atoms with van der Waals surface area (Å²) in [5.74, 6) is 1.46. The van der Waals surface area contributed by atoms with Gasteiger partial charge in [0.1, 0.15) is 10.6 Å². The Morgan fingerprint density at radius 3 is 2.80 bits per heavy atom. The molecule has 0 saturated heterocycles. The number of nitrogens with one attached hydrogen (secondary N) is 2.